The van der Waals surface area contributed by atoms with E-state index in [4.69, 9.17) is 5.73 Å². The second-order valence-electron chi connectivity index (χ2n) is 7.56. The zero-order chi connectivity index (χ0) is 22.4. The number of amides is 4. The third-order valence-corrected chi connectivity index (χ3v) is 5.21. The first-order valence-electron chi connectivity index (χ1n) is 10.3. The largest absolute Gasteiger partial charge is 0.366 e. The lowest BCUT2D eigenvalue weighted by atomic mass is 10.1. The van der Waals surface area contributed by atoms with Gasteiger partial charge in [0, 0.05) is 42.0 Å². The standard InChI is InChI=1S/C23H26N4O4/c1-2-3-12-27-14-17(13-20(27)28)23(31)26-19-10-6-16(7-11-19)22(30)25-18-8-4-15(5-9-18)21(24)29/h4-11,17H,2-3,12-14H2,1H3,(H2,24,29)(H,25,30)(H,26,31)/t17-/m0/s1. The average molecular weight is 422 g/mol. The van der Waals surface area contributed by atoms with E-state index in [2.05, 4.69) is 17.6 Å². The molecule has 0 spiro atoms. The van der Waals surface area contributed by atoms with Crippen LogP contribution in [0.1, 0.15) is 46.9 Å². The highest BCUT2D eigenvalue weighted by atomic mass is 16.2. The van der Waals surface area contributed by atoms with E-state index in [9.17, 15) is 19.2 Å². The van der Waals surface area contributed by atoms with Crippen LogP contribution in [0.4, 0.5) is 11.4 Å². The number of hydrogen-bond acceptors (Lipinski definition) is 4. The molecule has 2 aromatic rings. The first-order chi connectivity index (χ1) is 14.9. The maximum absolute atomic E-state index is 12.5. The van der Waals surface area contributed by atoms with E-state index >= 15 is 0 Å². The Morgan fingerprint density at radius 2 is 1.55 bits per heavy atom. The molecule has 1 fully saturated rings. The Balaban J connectivity index is 1.55. The molecule has 1 heterocycles. The highest BCUT2D eigenvalue weighted by Gasteiger charge is 2.33. The van der Waals surface area contributed by atoms with Gasteiger partial charge in [0.15, 0.2) is 0 Å². The molecule has 1 saturated heterocycles. The number of carbonyl (C=O) groups is 4. The summed E-state index contributed by atoms with van der Waals surface area (Å²) in [4.78, 5) is 49.8. The minimum absolute atomic E-state index is 0.0180. The summed E-state index contributed by atoms with van der Waals surface area (Å²) in [5.41, 5.74) is 7.07. The van der Waals surface area contributed by atoms with Gasteiger partial charge in [-0.3, -0.25) is 19.2 Å². The summed E-state index contributed by atoms with van der Waals surface area (Å²) in [7, 11) is 0. The third kappa shape index (κ3) is 5.69. The van der Waals surface area contributed by atoms with Gasteiger partial charge >= 0.3 is 0 Å². The normalized spacial score (nSPS) is 15.6. The van der Waals surface area contributed by atoms with Gasteiger partial charge in [-0.2, -0.15) is 0 Å². The van der Waals surface area contributed by atoms with Crippen molar-refractivity contribution in [2.45, 2.75) is 26.2 Å². The van der Waals surface area contributed by atoms with E-state index in [1.807, 2.05) is 0 Å². The molecule has 1 aliphatic heterocycles. The molecule has 0 aliphatic carbocycles. The van der Waals surface area contributed by atoms with Crippen LogP contribution in [0.2, 0.25) is 0 Å². The first-order valence-corrected chi connectivity index (χ1v) is 10.3. The van der Waals surface area contributed by atoms with Gasteiger partial charge in [-0.25, -0.2) is 0 Å². The Kier molecular flexibility index (Phi) is 7.02. The monoisotopic (exact) mass is 422 g/mol. The van der Waals surface area contributed by atoms with E-state index < -0.39 is 5.91 Å². The molecule has 8 heteroatoms. The summed E-state index contributed by atoms with van der Waals surface area (Å²) in [6, 6.07) is 12.8. The van der Waals surface area contributed by atoms with Crippen LogP contribution in [-0.4, -0.2) is 41.6 Å². The van der Waals surface area contributed by atoms with E-state index in [1.165, 1.54) is 12.1 Å². The van der Waals surface area contributed by atoms with Crippen molar-refractivity contribution >= 4 is 35.0 Å². The second-order valence-corrected chi connectivity index (χ2v) is 7.56. The Bertz CT molecular complexity index is 970. The lowest BCUT2D eigenvalue weighted by Crippen LogP contribution is -2.29. The molecule has 2 aromatic carbocycles. The van der Waals surface area contributed by atoms with Crippen molar-refractivity contribution in [3.63, 3.8) is 0 Å². The zero-order valence-electron chi connectivity index (χ0n) is 17.4. The Morgan fingerprint density at radius 3 is 2.13 bits per heavy atom. The maximum Gasteiger partial charge on any atom is 0.255 e. The molecule has 4 N–H and O–H groups in total. The van der Waals surface area contributed by atoms with E-state index in [0.29, 0.717) is 35.6 Å². The predicted molar refractivity (Wildman–Crippen MR) is 118 cm³/mol. The zero-order valence-corrected chi connectivity index (χ0v) is 17.4. The summed E-state index contributed by atoms with van der Waals surface area (Å²) < 4.78 is 0. The summed E-state index contributed by atoms with van der Waals surface area (Å²) >= 11 is 0. The molecule has 1 atom stereocenters. The average Bonchev–Trinajstić information content (AvgIpc) is 3.13. The number of benzene rings is 2. The number of hydrogen-bond donors (Lipinski definition) is 3. The molecule has 0 radical (unpaired) electrons. The van der Waals surface area contributed by atoms with Gasteiger partial charge in [-0.1, -0.05) is 13.3 Å². The van der Waals surface area contributed by atoms with Gasteiger partial charge in [0.05, 0.1) is 5.92 Å². The lowest BCUT2D eigenvalue weighted by molar-refractivity contribution is -0.128. The van der Waals surface area contributed by atoms with Crippen molar-refractivity contribution in [2.24, 2.45) is 11.7 Å². The highest BCUT2D eigenvalue weighted by molar-refractivity contribution is 6.05. The fourth-order valence-electron chi connectivity index (χ4n) is 3.38. The number of unbranched alkanes of at least 4 members (excludes halogenated alkanes) is 1. The summed E-state index contributed by atoms with van der Waals surface area (Å²) in [6.45, 7) is 3.20. The minimum Gasteiger partial charge on any atom is -0.366 e. The van der Waals surface area contributed by atoms with Crippen molar-refractivity contribution in [1.29, 1.82) is 0 Å². The van der Waals surface area contributed by atoms with E-state index in [-0.39, 0.29) is 30.1 Å². The Morgan fingerprint density at radius 1 is 0.968 bits per heavy atom. The van der Waals surface area contributed by atoms with Crippen molar-refractivity contribution < 1.29 is 19.2 Å². The van der Waals surface area contributed by atoms with Crippen molar-refractivity contribution in [2.75, 3.05) is 23.7 Å². The minimum atomic E-state index is -0.536. The Labute approximate surface area is 180 Å². The maximum atomic E-state index is 12.5. The van der Waals surface area contributed by atoms with Gasteiger partial charge in [0.2, 0.25) is 17.7 Å². The second kappa shape index (κ2) is 9.88. The molecule has 4 amide bonds. The molecule has 1 aliphatic rings. The number of nitrogens with one attached hydrogen (secondary N) is 2. The Hall–Kier alpha value is -3.68. The number of carbonyl (C=O) groups excluding carboxylic acids is 4. The van der Waals surface area contributed by atoms with Crippen LogP contribution in [-0.2, 0) is 9.59 Å². The fraction of sp³-hybridized carbons (Fsp3) is 0.304. The summed E-state index contributed by atoms with van der Waals surface area (Å²) in [6.07, 6.45) is 2.16. The van der Waals surface area contributed by atoms with Crippen molar-refractivity contribution in [3.8, 4) is 0 Å². The smallest absolute Gasteiger partial charge is 0.255 e. The number of likely N-dealkylation sites (tertiary alicyclic amines) is 1. The molecule has 0 aromatic heterocycles. The first kappa shape index (κ1) is 22.0. The molecular weight excluding hydrogens is 396 g/mol. The number of nitrogens with two attached hydrogens (primary N) is 1. The topological polar surface area (TPSA) is 122 Å². The van der Waals surface area contributed by atoms with Crippen LogP contribution < -0.4 is 16.4 Å². The molecule has 0 bridgehead atoms. The predicted octanol–water partition coefficient (Wildman–Crippen LogP) is 2.62. The highest BCUT2D eigenvalue weighted by Crippen LogP contribution is 2.21. The molecule has 8 nitrogen and oxygen atoms in total. The van der Waals surface area contributed by atoms with Gasteiger partial charge in [0.1, 0.15) is 0 Å². The summed E-state index contributed by atoms with van der Waals surface area (Å²) in [5, 5.41) is 5.55. The third-order valence-electron chi connectivity index (χ3n) is 5.21. The van der Waals surface area contributed by atoms with Gasteiger partial charge in [0.25, 0.3) is 5.91 Å². The number of nitrogens with zero attached hydrogens (tertiary/aromatic N) is 1. The molecule has 31 heavy (non-hydrogen) atoms. The number of anilines is 2. The molecular formula is C23H26N4O4. The lowest BCUT2D eigenvalue weighted by Gasteiger charge is -2.16. The molecule has 0 unspecified atom stereocenters. The van der Waals surface area contributed by atoms with E-state index in [0.717, 1.165) is 12.8 Å². The molecule has 162 valence electrons. The van der Waals surface area contributed by atoms with Crippen LogP contribution in [0.5, 0.6) is 0 Å². The molecule has 0 saturated carbocycles. The van der Waals surface area contributed by atoms with Crippen LogP contribution in [0.3, 0.4) is 0 Å². The van der Waals surface area contributed by atoms with Gasteiger partial charge in [-0.05, 0) is 55.0 Å². The fourth-order valence-corrected chi connectivity index (χ4v) is 3.38. The van der Waals surface area contributed by atoms with Crippen LogP contribution >= 0.6 is 0 Å². The number of primary amides is 1. The number of rotatable bonds is 8. The van der Waals surface area contributed by atoms with Gasteiger partial charge < -0.3 is 21.3 Å². The van der Waals surface area contributed by atoms with E-state index in [1.54, 1.807) is 41.3 Å². The van der Waals surface area contributed by atoms with Crippen LogP contribution in [0, 0.1) is 5.92 Å². The SMILES string of the molecule is CCCCN1C[C@@H](C(=O)Nc2ccc(C(=O)Nc3ccc(C(N)=O)cc3)cc2)CC1=O. The summed E-state index contributed by atoms with van der Waals surface area (Å²) in [5.74, 6) is -1.40. The van der Waals surface area contributed by atoms with Gasteiger partial charge in [-0.15, -0.1) is 0 Å². The molecule has 3 rings (SSSR count). The van der Waals surface area contributed by atoms with Crippen molar-refractivity contribution in [3.05, 3.63) is 59.7 Å². The van der Waals surface area contributed by atoms with Crippen molar-refractivity contribution in [1.82, 2.24) is 4.90 Å². The van der Waals surface area contributed by atoms with Crippen LogP contribution in [0.15, 0.2) is 48.5 Å². The van der Waals surface area contributed by atoms with Crippen LogP contribution in [0.25, 0.3) is 0 Å². The quantitative estimate of drug-likeness (QED) is 0.605.